The first-order chi connectivity index (χ1) is 13.8. The van der Waals surface area contributed by atoms with Gasteiger partial charge in [0.1, 0.15) is 0 Å². The molecule has 0 N–H and O–H groups in total. The molecule has 4 heteroatoms. The highest BCUT2D eigenvalue weighted by molar-refractivity contribution is 7.11. The number of allylic oxidation sites excluding steroid dienone is 1. The Bertz CT molecular complexity index is 873. The van der Waals surface area contributed by atoms with Crippen LogP contribution in [0.5, 0.6) is 0 Å². The number of carbonyl (C=O) groups excluding carboxylic acids is 1. The number of carbonyl (C=O) groups is 1. The van der Waals surface area contributed by atoms with Gasteiger partial charge in [0.15, 0.2) is 0 Å². The van der Waals surface area contributed by atoms with Crippen LogP contribution in [0.2, 0.25) is 0 Å². The molecule has 0 saturated heterocycles. The van der Waals surface area contributed by atoms with Gasteiger partial charge in [-0.15, -0.1) is 11.3 Å². The van der Waals surface area contributed by atoms with Crippen molar-refractivity contribution in [3.63, 3.8) is 0 Å². The highest BCUT2D eigenvalue weighted by Crippen LogP contribution is 2.29. The number of pyridine rings is 1. The molecule has 3 aromatic rings. The van der Waals surface area contributed by atoms with Gasteiger partial charge in [0, 0.05) is 22.8 Å². The van der Waals surface area contributed by atoms with Crippen LogP contribution >= 0.6 is 11.3 Å². The third-order valence-corrected chi connectivity index (χ3v) is 5.48. The summed E-state index contributed by atoms with van der Waals surface area (Å²) in [4.78, 5) is 17.9. The standard InChI is InChI=1S/C24H25NO2S/c1-2-27-24(26)22(19-10-4-3-5-11-19)14-7-6-13-21(23-15-9-17-28-23)20-12-8-16-25-18-20/h3-5,8-13,15-18,22H,2,6-7,14H2,1H3/b21-13+. The first kappa shape index (κ1) is 20.0. The molecule has 3 rings (SSSR count). The summed E-state index contributed by atoms with van der Waals surface area (Å²) in [5.74, 6) is -0.346. The lowest BCUT2D eigenvalue weighted by Crippen LogP contribution is -2.16. The molecule has 0 spiro atoms. The minimum absolute atomic E-state index is 0.136. The number of benzene rings is 1. The zero-order chi connectivity index (χ0) is 19.6. The summed E-state index contributed by atoms with van der Waals surface area (Å²) in [5.41, 5.74) is 3.35. The lowest BCUT2D eigenvalue weighted by Gasteiger charge is -2.15. The average molecular weight is 392 g/mol. The van der Waals surface area contributed by atoms with E-state index in [1.165, 1.54) is 10.5 Å². The number of esters is 1. The Kier molecular flexibility index (Phi) is 7.56. The first-order valence-electron chi connectivity index (χ1n) is 9.65. The minimum Gasteiger partial charge on any atom is -0.466 e. The highest BCUT2D eigenvalue weighted by atomic mass is 32.1. The van der Waals surface area contributed by atoms with Crippen molar-refractivity contribution < 1.29 is 9.53 Å². The van der Waals surface area contributed by atoms with Crippen molar-refractivity contribution in [2.75, 3.05) is 6.61 Å². The fourth-order valence-corrected chi connectivity index (χ4v) is 4.02. The normalized spacial score (nSPS) is 12.5. The van der Waals surface area contributed by atoms with Crippen LogP contribution in [0.25, 0.3) is 5.57 Å². The Morgan fingerprint density at radius 1 is 1.14 bits per heavy atom. The lowest BCUT2D eigenvalue weighted by atomic mass is 9.93. The maximum absolute atomic E-state index is 12.4. The summed E-state index contributed by atoms with van der Waals surface area (Å²) in [6, 6.07) is 18.2. The predicted octanol–water partition coefficient (Wildman–Crippen LogP) is 6.09. The molecule has 0 fully saturated rings. The van der Waals surface area contributed by atoms with Crippen LogP contribution in [0.4, 0.5) is 0 Å². The zero-order valence-corrected chi connectivity index (χ0v) is 16.9. The molecule has 1 unspecified atom stereocenters. The highest BCUT2D eigenvalue weighted by Gasteiger charge is 2.21. The Morgan fingerprint density at radius 2 is 2.00 bits per heavy atom. The maximum atomic E-state index is 12.4. The van der Waals surface area contributed by atoms with Gasteiger partial charge in [0.2, 0.25) is 0 Å². The maximum Gasteiger partial charge on any atom is 0.313 e. The number of thiophene rings is 1. The van der Waals surface area contributed by atoms with E-state index in [4.69, 9.17) is 4.74 Å². The van der Waals surface area contributed by atoms with E-state index in [1.807, 2.05) is 49.5 Å². The Morgan fingerprint density at radius 3 is 2.68 bits per heavy atom. The van der Waals surface area contributed by atoms with E-state index in [0.29, 0.717) is 6.61 Å². The van der Waals surface area contributed by atoms with Gasteiger partial charge in [-0.3, -0.25) is 9.78 Å². The number of aromatic nitrogens is 1. The number of ether oxygens (including phenoxy) is 1. The molecule has 1 atom stereocenters. The molecular formula is C24H25NO2S. The smallest absolute Gasteiger partial charge is 0.313 e. The van der Waals surface area contributed by atoms with E-state index in [-0.39, 0.29) is 11.9 Å². The molecule has 144 valence electrons. The second-order valence-corrected chi connectivity index (χ2v) is 7.43. The molecule has 3 nitrogen and oxygen atoms in total. The molecule has 0 amide bonds. The topological polar surface area (TPSA) is 39.2 Å². The van der Waals surface area contributed by atoms with Crippen molar-refractivity contribution in [3.8, 4) is 0 Å². The summed E-state index contributed by atoms with van der Waals surface area (Å²) < 4.78 is 5.30. The third-order valence-electron chi connectivity index (χ3n) is 4.58. The minimum atomic E-state index is -0.210. The average Bonchev–Trinajstić information content (AvgIpc) is 3.26. The second-order valence-electron chi connectivity index (χ2n) is 6.48. The van der Waals surface area contributed by atoms with E-state index in [2.05, 4.69) is 34.6 Å². The van der Waals surface area contributed by atoms with Crippen LogP contribution in [0.3, 0.4) is 0 Å². The number of hydrogen-bond donors (Lipinski definition) is 0. The first-order valence-corrected chi connectivity index (χ1v) is 10.5. The van der Waals surface area contributed by atoms with Crippen LogP contribution in [0, 0.1) is 0 Å². The molecule has 0 aliphatic heterocycles. The fraction of sp³-hybridized carbons (Fsp3) is 0.250. The number of unbranched alkanes of at least 4 members (excludes halogenated alkanes) is 1. The monoisotopic (exact) mass is 391 g/mol. The fourth-order valence-electron chi connectivity index (χ4n) is 3.23. The van der Waals surface area contributed by atoms with E-state index in [0.717, 1.165) is 30.4 Å². The molecule has 0 bridgehead atoms. The summed E-state index contributed by atoms with van der Waals surface area (Å²) in [5, 5.41) is 2.09. The second kappa shape index (κ2) is 10.6. The molecule has 28 heavy (non-hydrogen) atoms. The quantitative estimate of drug-likeness (QED) is 0.327. The molecule has 0 aliphatic rings. The molecule has 1 aromatic carbocycles. The van der Waals surface area contributed by atoms with E-state index >= 15 is 0 Å². The molecule has 2 heterocycles. The summed E-state index contributed by atoms with van der Waals surface area (Å²) >= 11 is 1.73. The van der Waals surface area contributed by atoms with Crippen LogP contribution < -0.4 is 0 Å². The number of nitrogens with zero attached hydrogens (tertiary/aromatic N) is 1. The number of hydrogen-bond acceptors (Lipinski definition) is 4. The lowest BCUT2D eigenvalue weighted by molar-refractivity contribution is -0.145. The Labute approximate surface area is 170 Å². The van der Waals surface area contributed by atoms with Crippen molar-refractivity contribution in [1.29, 1.82) is 0 Å². The van der Waals surface area contributed by atoms with Gasteiger partial charge < -0.3 is 4.74 Å². The van der Waals surface area contributed by atoms with Gasteiger partial charge in [-0.05, 0) is 54.8 Å². The number of rotatable bonds is 9. The van der Waals surface area contributed by atoms with Crippen molar-refractivity contribution >= 4 is 22.9 Å². The van der Waals surface area contributed by atoms with Crippen molar-refractivity contribution in [1.82, 2.24) is 4.98 Å². The van der Waals surface area contributed by atoms with Gasteiger partial charge in [-0.2, -0.15) is 0 Å². The van der Waals surface area contributed by atoms with Gasteiger partial charge in [-0.25, -0.2) is 0 Å². The van der Waals surface area contributed by atoms with E-state index < -0.39 is 0 Å². The van der Waals surface area contributed by atoms with Crippen LogP contribution in [-0.2, 0) is 9.53 Å². The van der Waals surface area contributed by atoms with Crippen molar-refractivity contribution in [2.24, 2.45) is 0 Å². The van der Waals surface area contributed by atoms with E-state index in [9.17, 15) is 4.79 Å². The SMILES string of the molecule is CCOC(=O)C(CCC/C=C(\c1cccnc1)c1cccs1)c1ccccc1. The molecular weight excluding hydrogens is 366 g/mol. The predicted molar refractivity (Wildman–Crippen MR) is 115 cm³/mol. The van der Waals surface area contributed by atoms with Crippen molar-refractivity contribution in [2.45, 2.75) is 32.1 Å². The van der Waals surface area contributed by atoms with Gasteiger partial charge >= 0.3 is 5.97 Å². The van der Waals surface area contributed by atoms with Gasteiger partial charge in [-0.1, -0.05) is 48.5 Å². The Balaban J connectivity index is 1.71. The molecule has 0 aliphatic carbocycles. The molecule has 2 aromatic heterocycles. The summed E-state index contributed by atoms with van der Waals surface area (Å²) in [6.07, 6.45) is 8.52. The van der Waals surface area contributed by atoms with Crippen LogP contribution in [0.15, 0.2) is 78.4 Å². The van der Waals surface area contributed by atoms with Crippen molar-refractivity contribution in [3.05, 3.63) is 94.5 Å². The third kappa shape index (κ3) is 5.40. The molecule has 0 saturated carbocycles. The zero-order valence-electron chi connectivity index (χ0n) is 16.1. The summed E-state index contributed by atoms with van der Waals surface area (Å²) in [7, 11) is 0. The van der Waals surface area contributed by atoms with Crippen LogP contribution in [0.1, 0.15) is 48.1 Å². The van der Waals surface area contributed by atoms with Gasteiger partial charge in [0.25, 0.3) is 0 Å². The van der Waals surface area contributed by atoms with Gasteiger partial charge in [0.05, 0.1) is 12.5 Å². The summed E-state index contributed by atoms with van der Waals surface area (Å²) in [6.45, 7) is 2.26. The van der Waals surface area contributed by atoms with E-state index in [1.54, 1.807) is 17.5 Å². The Hall–Kier alpha value is -2.72. The van der Waals surface area contributed by atoms with Crippen LogP contribution in [-0.4, -0.2) is 17.6 Å². The molecule has 0 radical (unpaired) electrons. The largest absolute Gasteiger partial charge is 0.466 e.